The number of nitrogens with zero attached hydrogens (tertiary/aromatic N) is 12. The highest BCUT2D eigenvalue weighted by molar-refractivity contribution is 7.95. The Kier molecular flexibility index (Phi) is 20.7. The molecular formula is C48H39Cl2N15O20S6. The zero-order valence-electron chi connectivity index (χ0n) is 45.0. The van der Waals surface area contributed by atoms with Gasteiger partial charge in [-0.3, -0.25) is 18.6 Å². The number of nitrogens with one attached hydrogen (secondary N) is 3. The number of phenols is 2. The number of fused-ring (bicyclic) bond motifs is 3. The Morgan fingerprint density at radius 2 is 1.10 bits per heavy atom. The summed E-state index contributed by atoms with van der Waals surface area (Å²) in [5.41, 5.74) is -1.02. The van der Waals surface area contributed by atoms with Gasteiger partial charge in [-0.2, -0.15) is 55.2 Å². The molecule has 9 aromatic rings. The molecule has 0 spiro atoms. The number of azo groups is 2. The predicted molar refractivity (Wildman–Crippen MR) is 325 cm³/mol. The Bertz CT molecular complexity index is 4710. The number of hydrogen-bond acceptors (Lipinski definition) is 35. The molecule has 1 fully saturated rings. The van der Waals surface area contributed by atoms with E-state index in [1.54, 1.807) is 12.1 Å². The first-order valence-electron chi connectivity index (χ1n) is 25.1. The highest BCUT2D eigenvalue weighted by atomic mass is 35.5. The van der Waals surface area contributed by atoms with Crippen molar-refractivity contribution in [3.8, 4) is 11.5 Å². The molecule has 0 saturated carbocycles. The van der Waals surface area contributed by atoms with E-state index in [1.807, 2.05) is 4.90 Å². The number of halogens is 2. The minimum absolute atomic E-state index is 0.00735. The summed E-state index contributed by atoms with van der Waals surface area (Å²) in [6.07, 6.45) is 0. The van der Waals surface area contributed by atoms with Gasteiger partial charge >= 0.3 is 0 Å². The summed E-state index contributed by atoms with van der Waals surface area (Å²) in [4.78, 5) is 28.0. The van der Waals surface area contributed by atoms with Gasteiger partial charge in [0, 0.05) is 71.7 Å². The molecule has 10 rings (SSSR count). The first-order chi connectivity index (χ1) is 43.5. The fourth-order valence-electron chi connectivity index (χ4n) is 8.97. The molecule has 91 heavy (non-hydrogen) atoms. The molecule has 3 heterocycles. The largest absolute Gasteiger partial charge is 0.505 e. The highest BCUT2D eigenvalue weighted by Crippen LogP contribution is 2.47. The number of aromatic hydroxyl groups is 2. The van der Waals surface area contributed by atoms with E-state index >= 15 is 0 Å². The summed E-state index contributed by atoms with van der Waals surface area (Å²) in [5.74, 6) is -0.813. The monoisotopic (exact) mass is 1410 g/mol. The summed E-state index contributed by atoms with van der Waals surface area (Å²) in [7, 11) is -14.9. The van der Waals surface area contributed by atoms with Gasteiger partial charge in [0.15, 0.2) is 11.5 Å². The van der Waals surface area contributed by atoms with Crippen molar-refractivity contribution >= 4 is 180 Å². The lowest BCUT2D eigenvalue weighted by Gasteiger charge is -2.34. The van der Waals surface area contributed by atoms with E-state index in [0.29, 0.717) is 91.4 Å². The average molecular weight is 1410 g/mol. The second kappa shape index (κ2) is 28.4. The number of anilines is 6. The molecule has 11 N–H and O–H groups in total. The van der Waals surface area contributed by atoms with Crippen molar-refractivity contribution in [2.45, 2.75) is 29.4 Å². The third-order valence-electron chi connectivity index (χ3n) is 12.9. The topological polar surface area (TPSA) is 489 Å². The first kappa shape index (κ1) is 66.2. The van der Waals surface area contributed by atoms with Gasteiger partial charge in [0.2, 0.25) is 34.4 Å². The lowest BCUT2D eigenvalue weighted by molar-refractivity contribution is -0.432. The number of hydrogen-bond donors (Lipinski definition) is 11. The fourth-order valence-corrected chi connectivity index (χ4v) is 12.7. The Hall–Kier alpha value is -7.70. The second-order valence-corrected chi connectivity index (χ2v) is 25.5. The van der Waals surface area contributed by atoms with Gasteiger partial charge in [0.05, 0.1) is 50.8 Å². The first-order valence-corrected chi connectivity index (χ1v) is 32.4. The molecular weight excluding hydrogens is 1370 g/mol. The molecule has 35 nitrogen and oxygen atoms in total. The van der Waals surface area contributed by atoms with E-state index in [4.69, 9.17) is 39.0 Å². The molecule has 7 aromatic carbocycles. The van der Waals surface area contributed by atoms with Crippen molar-refractivity contribution in [3.05, 3.63) is 108 Å². The maximum atomic E-state index is 12.7. The SMILES string of the molecule is O=S(=O)(O)c1ccc(SOOO)c(N=Nc2c(S(=O)(=O)O)cc3cc(Nc4nc(Cl)nc(NCCN5CCN(c6nc(Cl)nc(Nc7ccc8c(O)c(N=Nc9ccc%10c(SOOO)cccc%10c9S(=O)(=O)O)c(SOOO)cc8c7)n6)CC5)n4)ccc3c2O)c1. The van der Waals surface area contributed by atoms with Crippen LogP contribution in [0, 0.1) is 0 Å². The Morgan fingerprint density at radius 3 is 1.74 bits per heavy atom. The number of benzene rings is 7. The zero-order chi connectivity index (χ0) is 64.8. The van der Waals surface area contributed by atoms with Crippen LogP contribution >= 0.6 is 59.3 Å². The van der Waals surface area contributed by atoms with Crippen LogP contribution in [0.5, 0.6) is 11.5 Å². The smallest absolute Gasteiger partial charge is 0.297 e. The van der Waals surface area contributed by atoms with Crippen molar-refractivity contribution < 1.29 is 93.0 Å². The van der Waals surface area contributed by atoms with Gasteiger partial charge in [-0.1, -0.05) is 33.3 Å². The van der Waals surface area contributed by atoms with Crippen LogP contribution in [0.2, 0.25) is 10.6 Å². The van der Waals surface area contributed by atoms with Crippen LogP contribution in [0.15, 0.2) is 147 Å². The van der Waals surface area contributed by atoms with Gasteiger partial charge in [0.25, 0.3) is 30.4 Å². The standard InChI is InChI=1S/C48H39Cl2N15O20S6/c49-43-54-45(58-46(55-43)52-26-5-8-29-24(19-26)21-37(90(74,75)76)39(41(29)67)63-61-33-22-27(89(71,72)73)6-11-35(33)87-84-81-69)51-12-13-64-14-16-65(17-15-64)48-57-44(50)56-47(59-48)53-25-4-7-28-23(18-25)20-36(88-85-82-70)38(40(28)66)62-60-32-10-9-30-31(42(32)91(77,78)79)2-1-3-34(30)86-83-80-68/h1-11,18-22,66-70H,12-17H2,(H,71,72,73)(H,74,75,76)(H,77,78,79)(H,53,56,57,59)(H2,51,52,54,55,58). The van der Waals surface area contributed by atoms with Crippen molar-refractivity contribution in [3.63, 3.8) is 0 Å². The average Bonchev–Trinajstić information content (AvgIpc) is 0.792. The van der Waals surface area contributed by atoms with Crippen LogP contribution in [0.1, 0.15) is 0 Å². The normalized spacial score (nSPS) is 13.6. The molecule has 1 aliphatic heterocycles. The van der Waals surface area contributed by atoms with Gasteiger partial charge in [-0.15, -0.1) is 33.5 Å². The lowest BCUT2D eigenvalue weighted by Crippen LogP contribution is -2.48. The number of rotatable bonds is 25. The lowest BCUT2D eigenvalue weighted by atomic mass is 10.1. The third kappa shape index (κ3) is 16.0. The van der Waals surface area contributed by atoms with Gasteiger partial charge < -0.3 is 31.1 Å². The molecule has 0 aliphatic carbocycles. The summed E-state index contributed by atoms with van der Waals surface area (Å²) in [6.45, 7) is 2.93. The van der Waals surface area contributed by atoms with Crippen LogP contribution in [0.3, 0.4) is 0 Å². The molecule has 2 aromatic heterocycles. The maximum absolute atomic E-state index is 12.7. The van der Waals surface area contributed by atoms with E-state index in [1.165, 1.54) is 60.7 Å². The molecule has 1 saturated heterocycles. The van der Waals surface area contributed by atoms with Gasteiger partial charge in [-0.25, -0.2) is 15.8 Å². The van der Waals surface area contributed by atoms with Crippen LogP contribution < -0.4 is 20.9 Å². The highest BCUT2D eigenvalue weighted by Gasteiger charge is 2.26. The minimum Gasteiger partial charge on any atom is -0.505 e. The molecule has 43 heteroatoms. The molecule has 0 atom stereocenters. The zero-order valence-corrected chi connectivity index (χ0v) is 51.4. The Balaban J connectivity index is 0.776. The molecule has 476 valence electrons. The van der Waals surface area contributed by atoms with Crippen molar-refractivity contribution in [2.24, 2.45) is 20.5 Å². The number of aromatic nitrogens is 6. The van der Waals surface area contributed by atoms with Crippen LogP contribution in [0.25, 0.3) is 32.3 Å². The van der Waals surface area contributed by atoms with E-state index in [2.05, 4.69) is 99.3 Å². The van der Waals surface area contributed by atoms with Gasteiger partial charge in [-0.05, 0) is 118 Å². The van der Waals surface area contributed by atoms with Crippen LogP contribution in [-0.4, -0.2) is 139 Å². The quantitative estimate of drug-likeness (QED) is 0.00832. The van der Waals surface area contributed by atoms with Crippen molar-refractivity contribution in [2.75, 3.05) is 60.1 Å². The summed E-state index contributed by atoms with van der Waals surface area (Å²) in [5, 5.41) is 85.7. The molecule has 1 aliphatic rings. The number of piperazine rings is 1. The summed E-state index contributed by atoms with van der Waals surface area (Å²) < 4.78 is 118. The van der Waals surface area contributed by atoms with E-state index in [9.17, 15) is 49.1 Å². The van der Waals surface area contributed by atoms with Crippen molar-refractivity contribution in [1.82, 2.24) is 34.8 Å². The molecule has 0 amide bonds. The van der Waals surface area contributed by atoms with Gasteiger partial charge in [0.1, 0.15) is 32.5 Å². The second-order valence-electron chi connectivity index (χ2n) is 18.4. The van der Waals surface area contributed by atoms with Crippen molar-refractivity contribution in [1.29, 1.82) is 0 Å². The van der Waals surface area contributed by atoms with Crippen LogP contribution in [-0.2, 0) is 58.5 Å². The van der Waals surface area contributed by atoms with Crippen LogP contribution in [0.4, 0.5) is 57.9 Å². The van der Waals surface area contributed by atoms with E-state index < -0.39 is 62.2 Å². The molecule has 0 bridgehead atoms. The summed E-state index contributed by atoms with van der Waals surface area (Å²) >= 11 is 14.0. The maximum Gasteiger partial charge on any atom is 0.297 e. The van der Waals surface area contributed by atoms with E-state index in [0.717, 1.165) is 24.3 Å². The Morgan fingerprint density at radius 1 is 0.527 bits per heavy atom. The van der Waals surface area contributed by atoms with E-state index in [-0.39, 0.29) is 93.8 Å². The summed E-state index contributed by atoms with van der Waals surface area (Å²) in [6, 6.07) is 21.4. The third-order valence-corrected chi connectivity index (χ3v) is 17.8. The minimum atomic E-state index is -5.13. The molecule has 0 unspecified atom stereocenters. The fraction of sp³-hybridized carbons (Fsp3) is 0.125. The number of phenolic OH excluding ortho intramolecular Hbond substituents is 2. The predicted octanol–water partition coefficient (Wildman–Crippen LogP) is 10.8. The Labute approximate surface area is 533 Å². The molecule has 0 radical (unpaired) electrons.